The summed E-state index contributed by atoms with van der Waals surface area (Å²) < 4.78 is 7.05. The molecule has 2 heterocycles. The first-order valence-corrected chi connectivity index (χ1v) is 10.4. The third kappa shape index (κ3) is 4.78. The van der Waals surface area contributed by atoms with Gasteiger partial charge < -0.3 is 14.7 Å². The molecule has 1 atom stereocenters. The number of aliphatic hydroxyl groups is 1. The van der Waals surface area contributed by atoms with Crippen LogP contribution >= 0.6 is 23.4 Å². The number of thioether (sulfide) groups is 1. The third-order valence-electron chi connectivity index (χ3n) is 4.46. The molecular formula is C18H25ClN3O3S+. The zero-order valence-electron chi connectivity index (χ0n) is 14.9. The van der Waals surface area contributed by atoms with E-state index >= 15 is 0 Å². The molecule has 8 heteroatoms. The van der Waals surface area contributed by atoms with Gasteiger partial charge in [-0.25, -0.2) is 4.98 Å². The van der Waals surface area contributed by atoms with E-state index in [9.17, 15) is 9.90 Å². The van der Waals surface area contributed by atoms with E-state index in [1.165, 1.54) is 16.7 Å². The van der Waals surface area contributed by atoms with Crippen LogP contribution in [0.3, 0.4) is 0 Å². The second-order valence-electron chi connectivity index (χ2n) is 6.54. The lowest BCUT2D eigenvalue weighted by Gasteiger charge is -2.25. The number of aromatic nitrogens is 2. The maximum Gasteiger partial charge on any atom is 0.262 e. The molecule has 2 N–H and O–H groups in total. The van der Waals surface area contributed by atoms with Crippen LogP contribution in [0.25, 0.3) is 10.9 Å². The summed E-state index contributed by atoms with van der Waals surface area (Å²) >= 11 is 7.48. The highest BCUT2D eigenvalue weighted by molar-refractivity contribution is 7.99. The summed E-state index contributed by atoms with van der Waals surface area (Å²) in [6.45, 7) is 6.68. The van der Waals surface area contributed by atoms with Crippen molar-refractivity contribution in [2.75, 3.05) is 38.6 Å². The number of fused-ring (bicyclic) bond motifs is 1. The van der Waals surface area contributed by atoms with Crippen molar-refractivity contribution in [1.82, 2.24) is 9.55 Å². The summed E-state index contributed by atoms with van der Waals surface area (Å²) in [5.74, 6) is 0.507. The molecule has 1 aliphatic rings. The number of quaternary nitrogens is 1. The average Bonchev–Trinajstić information content (AvgIpc) is 2.63. The van der Waals surface area contributed by atoms with E-state index in [1.54, 1.807) is 22.8 Å². The lowest BCUT2D eigenvalue weighted by molar-refractivity contribution is -0.910. The van der Waals surface area contributed by atoms with E-state index in [2.05, 4.69) is 4.98 Å². The Morgan fingerprint density at radius 1 is 1.42 bits per heavy atom. The van der Waals surface area contributed by atoms with Crippen molar-refractivity contribution in [3.63, 3.8) is 0 Å². The number of nitrogens with zero attached hydrogens (tertiary/aromatic N) is 2. The van der Waals surface area contributed by atoms with Gasteiger partial charge in [0, 0.05) is 17.3 Å². The average molecular weight is 399 g/mol. The predicted octanol–water partition coefficient (Wildman–Crippen LogP) is 0.828. The van der Waals surface area contributed by atoms with Crippen LogP contribution in [0.1, 0.15) is 13.3 Å². The standard InChI is InChI=1S/C18H24ClN3O3S/c1-2-5-22-17(24)15-4-3-13(19)10-16(15)20-18(22)26-12-14(23)11-21-6-8-25-9-7-21/h3-4,10,14,23H,2,5-9,11-12H2,1H3/p+1/t14-/m0/s1. The van der Waals surface area contributed by atoms with E-state index in [0.717, 1.165) is 32.7 Å². The number of rotatable bonds is 7. The molecule has 0 unspecified atom stereocenters. The van der Waals surface area contributed by atoms with Crippen molar-refractivity contribution in [1.29, 1.82) is 0 Å². The van der Waals surface area contributed by atoms with E-state index < -0.39 is 6.10 Å². The molecule has 3 rings (SSSR count). The molecule has 1 aliphatic heterocycles. The second-order valence-corrected chi connectivity index (χ2v) is 7.97. The molecule has 142 valence electrons. The molecule has 0 bridgehead atoms. The Morgan fingerprint density at radius 2 is 2.19 bits per heavy atom. The Morgan fingerprint density at radius 3 is 2.92 bits per heavy atom. The van der Waals surface area contributed by atoms with Crippen molar-refractivity contribution < 1.29 is 14.7 Å². The van der Waals surface area contributed by atoms with Gasteiger partial charge in [0.15, 0.2) is 5.16 Å². The van der Waals surface area contributed by atoms with Gasteiger partial charge >= 0.3 is 0 Å². The lowest BCUT2D eigenvalue weighted by Crippen LogP contribution is -3.15. The minimum Gasteiger partial charge on any atom is -0.386 e. The number of ether oxygens (including phenoxy) is 1. The maximum atomic E-state index is 12.8. The molecule has 0 spiro atoms. The number of aliphatic hydroxyl groups excluding tert-OH is 1. The van der Waals surface area contributed by atoms with E-state index in [1.807, 2.05) is 6.92 Å². The molecule has 0 saturated carbocycles. The minimum atomic E-state index is -0.449. The van der Waals surface area contributed by atoms with E-state index in [4.69, 9.17) is 16.3 Å². The predicted molar refractivity (Wildman–Crippen MR) is 104 cm³/mol. The largest absolute Gasteiger partial charge is 0.386 e. The highest BCUT2D eigenvalue weighted by atomic mass is 35.5. The van der Waals surface area contributed by atoms with Gasteiger partial charge in [-0.15, -0.1) is 0 Å². The van der Waals surface area contributed by atoms with Gasteiger partial charge in [-0.1, -0.05) is 30.3 Å². The first-order chi connectivity index (χ1) is 12.6. The van der Waals surface area contributed by atoms with Gasteiger partial charge in [-0.2, -0.15) is 0 Å². The van der Waals surface area contributed by atoms with Gasteiger partial charge in [-0.05, 0) is 24.6 Å². The van der Waals surface area contributed by atoms with Gasteiger partial charge in [0.05, 0.1) is 24.1 Å². The van der Waals surface area contributed by atoms with Crippen LogP contribution in [0, 0.1) is 0 Å². The Labute approximate surface area is 162 Å². The SMILES string of the molecule is CCCn1c(SC[C@@H](O)C[NH+]2CCOCC2)nc2cc(Cl)ccc2c1=O. The number of halogens is 1. The first kappa shape index (κ1) is 19.6. The fraction of sp³-hybridized carbons (Fsp3) is 0.556. The number of nitrogens with one attached hydrogen (secondary N) is 1. The summed E-state index contributed by atoms with van der Waals surface area (Å²) in [5.41, 5.74) is 0.551. The third-order valence-corrected chi connectivity index (χ3v) is 5.81. The molecule has 0 radical (unpaired) electrons. The van der Waals surface area contributed by atoms with E-state index in [0.29, 0.717) is 39.9 Å². The Bertz CT molecular complexity index is 808. The van der Waals surface area contributed by atoms with Crippen LogP contribution in [0.15, 0.2) is 28.2 Å². The van der Waals surface area contributed by atoms with Crippen molar-refractivity contribution in [2.24, 2.45) is 0 Å². The second kappa shape index (κ2) is 9.19. The van der Waals surface area contributed by atoms with Gasteiger partial charge in [-0.3, -0.25) is 9.36 Å². The normalized spacial score (nSPS) is 16.9. The van der Waals surface area contributed by atoms with Crippen LogP contribution < -0.4 is 10.5 Å². The van der Waals surface area contributed by atoms with Crippen molar-refractivity contribution in [2.45, 2.75) is 31.1 Å². The quantitative estimate of drug-likeness (QED) is 0.534. The first-order valence-electron chi connectivity index (χ1n) is 9.00. The smallest absolute Gasteiger partial charge is 0.262 e. The van der Waals surface area contributed by atoms with Gasteiger partial charge in [0.25, 0.3) is 5.56 Å². The van der Waals surface area contributed by atoms with Crippen LogP contribution in [0.2, 0.25) is 5.02 Å². The molecule has 2 aromatic rings. The highest BCUT2D eigenvalue weighted by Gasteiger charge is 2.19. The monoisotopic (exact) mass is 398 g/mol. The van der Waals surface area contributed by atoms with Gasteiger partial charge in [0.2, 0.25) is 0 Å². The molecule has 1 fully saturated rings. The molecule has 6 nitrogen and oxygen atoms in total. The Balaban J connectivity index is 1.76. The Kier molecular flexibility index (Phi) is 6.94. The molecule has 0 amide bonds. The zero-order chi connectivity index (χ0) is 18.5. The maximum absolute atomic E-state index is 12.8. The number of hydrogen-bond donors (Lipinski definition) is 2. The number of hydrogen-bond acceptors (Lipinski definition) is 5. The van der Waals surface area contributed by atoms with Crippen LogP contribution in [-0.2, 0) is 11.3 Å². The van der Waals surface area contributed by atoms with Crippen LogP contribution in [0.5, 0.6) is 0 Å². The van der Waals surface area contributed by atoms with E-state index in [-0.39, 0.29) is 5.56 Å². The topological polar surface area (TPSA) is 68.8 Å². The minimum absolute atomic E-state index is 0.0516. The summed E-state index contributed by atoms with van der Waals surface area (Å²) in [7, 11) is 0. The summed E-state index contributed by atoms with van der Waals surface area (Å²) in [6, 6.07) is 5.15. The molecule has 26 heavy (non-hydrogen) atoms. The molecule has 0 aliphatic carbocycles. The summed E-state index contributed by atoms with van der Waals surface area (Å²) in [4.78, 5) is 18.8. The number of benzene rings is 1. The van der Waals surface area contributed by atoms with Crippen molar-refractivity contribution in [3.05, 3.63) is 33.6 Å². The molecule has 1 aromatic carbocycles. The fourth-order valence-electron chi connectivity index (χ4n) is 3.13. The molecule has 1 aromatic heterocycles. The summed E-state index contributed by atoms with van der Waals surface area (Å²) in [6.07, 6.45) is 0.393. The van der Waals surface area contributed by atoms with Crippen molar-refractivity contribution >= 4 is 34.3 Å². The van der Waals surface area contributed by atoms with Crippen LogP contribution in [0.4, 0.5) is 0 Å². The van der Waals surface area contributed by atoms with Crippen LogP contribution in [-0.4, -0.2) is 59.4 Å². The van der Waals surface area contributed by atoms with Crippen molar-refractivity contribution in [3.8, 4) is 0 Å². The zero-order valence-corrected chi connectivity index (χ0v) is 16.5. The lowest BCUT2D eigenvalue weighted by atomic mass is 10.2. The molecular weight excluding hydrogens is 374 g/mol. The summed E-state index contributed by atoms with van der Waals surface area (Å²) in [5, 5.41) is 12.2. The fourth-order valence-corrected chi connectivity index (χ4v) is 4.25. The number of morpholine rings is 1. The highest BCUT2D eigenvalue weighted by Crippen LogP contribution is 2.21. The Hall–Kier alpha value is -1.12. The molecule has 1 saturated heterocycles. The van der Waals surface area contributed by atoms with Gasteiger partial charge in [0.1, 0.15) is 25.7 Å².